The number of benzene rings is 1. The van der Waals surface area contributed by atoms with Gasteiger partial charge in [-0.3, -0.25) is 4.79 Å². The third kappa shape index (κ3) is 3.43. The zero-order valence-corrected chi connectivity index (χ0v) is 12.1. The number of hydrogen-bond donors (Lipinski definition) is 0. The Hall–Kier alpha value is -2.30. The topological polar surface area (TPSA) is 48.3 Å². The van der Waals surface area contributed by atoms with Crippen LogP contribution in [0.2, 0.25) is 0 Å². The molecule has 0 aliphatic heterocycles. The predicted octanol–water partition coefficient (Wildman–Crippen LogP) is 0.980. The summed E-state index contributed by atoms with van der Waals surface area (Å²) in [6.45, 7) is 2.38. The maximum absolute atomic E-state index is 11.8. The molecule has 1 heterocycles. The van der Waals surface area contributed by atoms with Crippen LogP contribution in [0.3, 0.4) is 0 Å². The van der Waals surface area contributed by atoms with Crippen LogP contribution in [-0.2, 0) is 17.7 Å². The molecule has 0 atom stereocenters. The number of nitrogens with zero attached hydrogens (tertiary/aromatic N) is 1. The van der Waals surface area contributed by atoms with Gasteiger partial charge in [-0.05, 0) is 31.0 Å². The molecule has 1 aromatic heterocycles. The number of carbonyl (C=O) groups excluding carboxylic acids is 1. The number of aromatic nitrogens is 1. The number of hydrogen-bond acceptors (Lipinski definition) is 3. The molecule has 0 fully saturated rings. The maximum Gasteiger partial charge on any atom is 0.337 e. The summed E-state index contributed by atoms with van der Waals surface area (Å²) in [6.07, 6.45) is 0.686. The molecule has 2 radical (unpaired) electrons. The van der Waals surface area contributed by atoms with Gasteiger partial charge in [-0.25, -0.2) is 4.79 Å². The van der Waals surface area contributed by atoms with Crippen LogP contribution in [0.15, 0.2) is 41.2 Å². The first-order valence-corrected chi connectivity index (χ1v) is 6.66. The van der Waals surface area contributed by atoms with Crippen LogP contribution in [0.5, 0.6) is 0 Å². The van der Waals surface area contributed by atoms with Crippen LogP contribution in [0.25, 0.3) is 0 Å². The summed E-state index contributed by atoms with van der Waals surface area (Å²) in [6, 6.07) is 10.3. The van der Waals surface area contributed by atoms with Gasteiger partial charge in [0, 0.05) is 18.3 Å². The minimum absolute atomic E-state index is 0.0621. The Labute approximate surface area is 124 Å². The first-order chi connectivity index (χ1) is 10.0. The molecule has 0 unspecified atom stereocenters. The molecule has 5 heteroatoms. The molecule has 0 aliphatic rings. The van der Waals surface area contributed by atoms with Gasteiger partial charge in [-0.2, -0.15) is 0 Å². The number of methoxy groups -OCH3 is 1. The Kier molecular flexibility index (Phi) is 4.63. The largest absolute Gasteiger partial charge is 0.465 e. The molecule has 0 amide bonds. The van der Waals surface area contributed by atoms with Crippen molar-refractivity contribution in [1.82, 2.24) is 4.57 Å². The molecule has 0 N–H and O–H groups in total. The van der Waals surface area contributed by atoms with Crippen molar-refractivity contribution in [1.29, 1.82) is 0 Å². The van der Waals surface area contributed by atoms with Crippen molar-refractivity contribution >= 4 is 19.3 Å². The molecule has 2 rings (SSSR count). The summed E-state index contributed by atoms with van der Waals surface area (Å²) >= 11 is 0. The third-order valence-corrected chi connectivity index (χ3v) is 3.49. The highest BCUT2D eigenvalue weighted by molar-refractivity contribution is 6.33. The van der Waals surface area contributed by atoms with Gasteiger partial charge >= 0.3 is 5.97 Å². The van der Waals surface area contributed by atoms with Crippen molar-refractivity contribution in [3.63, 3.8) is 0 Å². The van der Waals surface area contributed by atoms with E-state index in [4.69, 9.17) is 7.85 Å². The number of esters is 1. The molecule has 0 saturated heterocycles. The summed E-state index contributed by atoms with van der Waals surface area (Å²) in [5, 5.41) is 0. The average Bonchev–Trinajstić information content (AvgIpc) is 2.51. The highest BCUT2D eigenvalue weighted by Gasteiger charge is 2.06. The summed E-state index contributed by atoms with van der Waals surface area (Å²) in [5.41, 5.74) is 2.87. The van der Waals surface area contributed by atoms with E-state index in [1.165, 1.54) is 13.2 Å². The molecule has 0 spiro atoms. The van der Waals surface area contributed by atoms with E-state index in [0.717, 1.165) is 11.3 Å². The Morgan fingerprint density at radius 3 is 2.48 bits per heavy atom. The first-order valence-electron chi connectivity index (χ1n) is 6.66. The van der Waals surface area contributed by atoms with Crippen molar-refractivity contribution in [2.75, 3.05) is 7.11 Å². The zero-order chi connectivity index (χ0) is 15.4. The number of pyridine rings is 1. The molecule has 21 heavy (non-hydrogen) atoms. The van der Waals surface area contributed by atoms with Gasteiger partial charge in [0.1, 0.15) is 7.85 Å². The number of carbonyl (C=O) groups is 1. The van der Waals surface area contributed by atoms with Gasteiger partial charge in [0.15, 0.2) is 0 Å². The molecule has 2 aromatic rings. The quantitative estimate of drug-likeness (QED) is 0.620. The van der Waals surface area contributed by atoms with E-state index in [9.17, 15) is 9.59 Å². The Morgan fingerprint density at radius 2 is 1.86 bits per heavy atom. The second-order valence-electron chi connectivity index (χ2n) is 4.80. The summed E-state index contributed by atoms with van der Waals surface area (Å²) < 4.78 is 6.31. The van der Waals surface area contributed by atoms with E-state index in [0.29, 0.717) is 24.0 Å². The van der Waals surface area contributed by atoms with E-state index in [2.05, 4.69) is 4.74 Å². The van der Waals surface area contributed by atoms with Crippen LogP contribution in [0.1, 0.15) is 21.6 Å². The fourth-order valence-electron chi connectivity index (χ4n) is 2.14. The molecular weight excluding hydrogens is 265 g/mol. The smallest absolute Gasteiger partial charge is 0.337 e. The van der Waals surface area contributed by atoms with Gasteiger partial charge in [0.2, 0.25) is 0 Å². The van der Waals surface area contributed by atoms with E-state index in [1.54, 1.807) is 22.8 Å². The third-order valence-electron chi connectivity index (χ3n) is 3.49. The predicted molar refractivity (Wildman–Crippen MR) is 82.3 cm³/mol. The van der Waals surface area contributed by atoms with Gasteiger partial charge in [-0.1, -0.05) is 23.7 Å². The molecule has 1 aromatic carbocycles. The highest BCUT2D eigenvalue weighted by atomic mass is 16.5. The lowest BCUT2D eigenvalue weighted by molar-refractivity contribution is 0.0600. The normalized spacial score (nSPS) is 10.4. The van der Waals surface area contributed by atoms with Gasteiger partial charge in [-0.15, -0.1) is 0 Å². The Bertz CT molecular complexity index is 704. The number of aryl methyl sites for hydroxylation is 1. The van der Waals surface area contributed by atoms with Crippen LogP contribution < -0.4 is 11.0 Å². The minimum atomic E-state index is -0.357. The highest BCUT2D eigenvalue weighted by Crippen LogP contribution is 2.07. The Morgan fingerprint density at radius 1 is 1.19 bits per heavy atom. The zero-order valence-electron chi connectivity index (χ0n) is 12.1. The standard InChI is InChI=1S/C16H16BNO3/c1-11-14(17)7-8-15(19)18(11)10-9-12-3-5-13(6-4-12)16(20)21-2/h3-8H,9-10H2,1-2H3. The maximum atomic E-state index is 11.8. The minimum Gasteiger partial charge on any atom is -0.465 e. The van der Waals surface area contributed by atoms with Crippen LogP contribution >= 0.6 is 0 Å². The van der Waals surface area contributed by atoms with E-state index in [-0.39, 0.29) is 11.5 Å². The second kappa shape index (κ2) is 6.44. The average molecular weight is 281 g/mol. The Balaban J connectivity index is 2.12. The van der Waals surface area contributed by atoms with E-state index < -0.39 is 0 Å². The second-order valence-corrected chi connectivity index (χ2v) is 4.80. The van der Waals surface area contributed by atoms with Gasteiger partial charge in [0.25, 0.3) is 5.56 Å². The molecule has 0 aliphatic carbocycles. The fraction of sp³-hybridized carbons (Fsp3) is 0.250. The van der Waals surface area contributed by atoms with Crippen LogP contribution in [-0.4, -0.2) is 25.5 Å². The summed E-state index contributed by atoms with van der Waals surface area (Å²) in [5.74, 6) is -0.357. The summed E-state index contributed by atoms with van der Waals surface area (Å²) in [4.78, 5) is 23.2. The van der Waals surface area contributed by atoms with Crippen LogP contribution in [0.4, 0.5) is 0 Å². The van der Waals surface area contributed by atoms with E-state index >= 15 is 0 Å². The molecular formula is C16H16BNO3. The lowest BCUT2D eigenvalue weighted by Gasteiger charge is -2.12. The SMILES string of the molecule is [B]c1ccc(=O)n(CCc2ccc(C(=O)OC)cc2)c1C. The lowest BCUT2D eigenvalue weighted by atomic mass is 9.94. The van der Waals surface area contributed by atoms with Crippen molar-refractivity contribution in [2.45, 2.75) is 19.9 Å². The molecule has 0 saturated carbocycles. The van der Waals surface area contributed by atoms with Crippen molar-refractivity contribution in [3.05, 3.63) is 63.6 Å². The summed E-state index contributed by atoms with van der Waals surface area (Å²) in [7, 11) is 7.17. The van der Waals surface area contributed by atoms with Crippen molar-refractivity contribution < 1.29 is 9.53 Å². The van der Waals surface area contributed by atoms with Crippen molar-refractivity contribution in [2.24, 2.45) is 0 Å². The molecule has 106 valence electrons. The lowest BCUT2D eigenvalue weighted by Crippen LogP contribution is -2.28. The monoisotopic (exact) mass is 281 g/mol. The van der Waals surface area contributed by atoms with Gasteiger partial charge < -0.3 is 9.30 Å². The van der Waals surface area contributed by atoms with Gasteiger partial charge in [0.05, 0.1) is 12.7 Å². The van der Waals surface area contributed by atoms with Crippen LogP contribution in [0, 0.1) is 6.92 Å². The number of ether oxygens (including phenoxy) is 1. The number of rotatable bonds is 4. The fourth-order valence-corrected chi connectivity index (χ4v) is 2.14. The van der Waals surface area contributed by atoms with Crippen molar-refractivity contribution in [3.8, 4) is 0 Å². The molecule has 4 nitrogen and oxygen atoms in total. The first kappa shape index (κ1) is 15.1. The van der Waals surface area contributed by atoms with E-state index in [1.807, 2.05) is 19.1 Å². The molecule has 0 bridgehead atoms.